The van der Waals surface area contributed by atoms with Gasteiger partial charge in [-0.25, -0.2) is 8.78 Å². The van der Waals surface area contributed by atoms with Crippen LogP contribution in [0.3, 0.4) is 0 Å². The minimum absolute atomic E-state index is 0.254. The van der Waals surface area contributed by atoms with E-state index in [-0.39, 0.29) is 6.04 Å². The lowest BCUT2D eigenvalue weighted by Gasteiger charge is -2.18. The largest absolute Gasteiger partial charge is 0.313 e. The maximum absolute atomic E-state index is 13.8. The van der Waals surface area contributed by atoms with Gasteiger partial charge in [0.05, 0.1) is 0 Å². The fourth-order valence-electron chi connectivity index (χ4n) is 2.19. The first kappa shape index (κ1) is 14.9. The Hall–Kier alpha value is -1.45. The Morgan fingerprint density at radius 2 is 1.90 bits per heavy atom. The van der Waals surface area contributed by atoms with E-state index in [1.54, 1.807) is 7.05 Å². The Balaban J connectivity index is 2.28. The molecule has 4 heteroatoms. The van der Waals surface area contributed by atoms with E-state index in [1.807, 2.05) is 25.1 Å². The molecular weight excluding hydrogens is 280 g/mol. The SMILES string of the molecule is CNC(Cc1ccc(C)cc1Cl)c1ccc(F)cc1F. The van der Waals surface area contributed by atoms with Gasteiger partial charge in [-0.2, -0.15) is 0 Å². The van der Waals surface area contributed by atoms with Gasteiger partial charge in [0.15, 0.2) is 0 Å². The standard InChI is InChI=1S/C16H16ClF2N/c1-10-3-4-11(14(17)7-10)8-16(20-2)13-6-5-12(18)9-15(13)19/h3-7,9,16,20H,8H2,1-2H3. The molecule has 0 heterocycles. The Kier molecular flexibility index (Phi) is 4.73. The summed E-state index contributed by atoms with van der Waals surface area (Å²) >= 11 is 6.20. The molecule has 0 bridgehead atoms. The highest BCUT2D eigenvalue weighted by Gasteiger charge is 2.16. The van der Waals surface area contributed by atoms with Gasteiger partial charge in [-0.05, 0) is 43.7 Å². The summed E-state index contributed by atoms with van der Waals surface area (Å²) in [6.45, 7) is 1.96. The van der Waals surface area contributed by atoms with Crippen molar-refractivity contribution in [1.29, 1.82) is 0 Å². The molecule has 0 aromatic heterocycles. The summed E-state index contributed by atoms with van der Waals surface area (Å²) in [6, 6.07) is 9.16. The number of nitrogens with one attached hydrogen (secondary N) is 1. The smallest absolute Gasteiger partial charge is 0.130 e. The Bertz CT molecular complexity index is 613. The predicted octanol–water partition coefficient (Wildman–Crippen LogP) is 4.43. The molecule has 1 unspecified atom stereocenters. The van der Waals surface area contributed by atoms with Crippen molar-refractivity contribution in [2.45, 2.75) is 19.4 Å². The topological polar surface area (TPSA) is 12.0 Å². The third-order valence-corrected chi connectivity index (χ3v) is 3.67. The number of hydrogen-bond acceptors (Lipinski definition) is 1. The second-order valence-corrected chi connectivity index (χ2v) is 5.21. The average molecular weight is 296 g/mol. The average Bonchev–Trinajstić information content (AvgIpc) is 2.39. The monoisotopic (exact) mass is 295 g/mol. The van der Waals surface area contributed by atoms with Crippen LogP contribution in [0.25, 0.3) is 0 Å². The lowest BCUT2D eigenvalue weighted by Crippen LogP contribution is -2.20. The van der Waals surface area contributed by atoms with Crippen LogP contribution in [0, 0.1) is 18.6 Å². The van der Waals surface area contributed by atoms with Crippen LogP contribution in [0.4, 0.5) is 8.78 Å². The molecule has 2 rings (SSSR count). The van der Waals surface area contributed by atoms with E-state index in [0.29, 0.717) is 17.0 Å². The van der Waals surface area contributed by atoms with Crippen molar-refractivity contribution in [3.05, 3.63) is 69.7 Å². The summed E-state index contributed by atoms with van der Waals surface area (Å²) in [4.78, 5) is 0. The lowest BCUT2D eigenvalue weighted by atomic mass is 9.98. The molecule has 0 aliphatic rings. The first-order chi connectivity index (χ1) is 9.51. The van der Waals surface area contributed by atoms with Crippen molar-refractivity contribution < 1.29 is 8.78 Å². The molecule has 106 valence electrons. The second-order valence-electron chi connectivity index (χ2n) is 4.81. The highest BCUT2D eigenvalue weighted by molar-refractivity contribution is 6.31. The van der Waals surface area contributed by atoms with Crippen LogP contribution in [0.1, 0.15) is 22.7 Å². The Morgan fingerprint density at radius 3 is 2.50 bits per heavy atom. The molecule has 0 saturated heterocycles. The van der Waals surface area contributed by atoms with Gasteiger partial charge in [-0.15, -0.1) is 0 Å². The normalized spacial score (nSPS) is 12.4. The van der Waals surface area contributed by atoms with Crippen molar-refractivity contribution in [2.75, 3.05) is 7.05 Å². The predicted molar refractivity (Wildman–Crippen MR) is 78.1 cm³/mol. The maximum atomic E-state index is 13.8. The van der Waals surface area contributed by atoms with Crippen LogP contribution >= 0.6 is 11.6 Å². The van der Waals surface area contributed by atoms with E-state index in [0.717, 1.165) is 17.2 Å². The first-order valence-corrected chi connectivity index (χ1v) is 6.76. The summed E-state index contributed by atoms with van der Waals surface area (Å²) in [5.74, 6) is -1.12. The van der Waals surface area contributed by atoms with Crippen LogP contribution < -0.4 is 5.32 Å². The number of aryl methyl sites for hydroxylation is 1. The van der Waals surface area contributed by atoms with Gasteiger partial charge in [0.25, 0.3) is 0 Å². The second kappa shape index (κ2) is 6.33. The third-order valence-electron chi connectivity index (χ3n) is 3.32. The van der Waals surface area contributed by atoms with E-state index in [2.05, 4.69) is 5.32 Å². The molecule has 0 amide bonds. The van der Waals surface area contributed by atoms with E-state index in [4.69, 9.17) is 11.6 Å². The van der Waals surface area contributed by atoms with E-state index in [9.17, 15) is 8.78 Å². The van der Waals surface area contributed by atoms with Crippen molar-refractivity contribution in [3.63, 3.8) is 0 Å². The molecule has 0 aliphatic carbocycles. The van der Waals surface area contributed by atoms with Gasteiger partial charge in [-0.3, -0.25) is 0 Å². The summed E-state index contributed by atoms with van der Waals surface area (Å²) in [7, 11) is 1.75. The molecule has 0 fully saturated rings. The Morgan fingerprint density at radius 1 is 1.15 bits per heavy atom. The van der Waals surface area contributed by atoms with E-state index in [1.165, 1.54) is 12.1 Å². The minimum Gasteiger partial charge on any atom is -0.313 e. The zero-order valence-electron chi connectivity index (χ0n) is 11.4. The van der Waals surface area contributed by atoms with Gasteiger partial charge >= 0.3 is 0 Å². The number of likely N-dealkylation sites (N-methyl/N-ethyl adjacent to an activating group) is 1. The van der Waals surface area contributed by atoms with Gasteiger partial charge in [-0.1, -0.05) is 29.8 Å². The fourth-order valence-corrected chi connectivity index (χ4v) is 2.50. The molecule has 2 aromatic carbocycles. The van der Waals surface area contributed by atoms with Crippen molar-refractivity contribution in [1.82, 2.24) is 5.32 Å². The number of halogens is 3. The summed E-state index contributed by atoms with van der Waals surface area (Å²) in [5, 5.41) is 3.71. The van der Waals surface area contributed by atoms with E-state index >= 15 is 0 Å². The fraction of sp³-hybridized carbons (Fsp3) is 0.250. The van der Waals surface area contributed by atoms with Crippen LogP contribution in [0.5, 0.6) is 0 Å². The molecule has 0 radical (unpaired) electrons. The maximum Gasteiger partial charge on any atom is 0.130 e. The minimum atomic E-state index is -0.575. The molecule has 0 spiro atoms. The van der Waals surface area contributed by atoms with Crippen LogP contribution in [-0.4, -0.2) is 7.05 Å². The first-order valence-electron chi connectivity index (χ1n) is 6.38. The molecule has 20 heavy (non-hydrogen) atoms. The summed E-state index contributed by atoms with van der Waals surface area (Å²) in [5.41, 5.74) is 2.44. The summed E-state index contributed by atoms with van der Waals surface area (Å²) in [6.07, 6.45) is 0.540. The van der Waals surface area contributed by atoms with E-state index < -0.39 is 11.6 Å². The highest BCUT2D eigenvalue weighted by atomic mass is 35.5. The van der Waals surface area contributed by atoms with Gasteiger partial charge < -0.3 is 5.32 Å². The Labute approximate surface area is 122 Å². The van der Waals surface area contributed by atoms with Gasteiger partial charge in [0, 0.05) is 22.7 Å². The van der Waals surface area contributed by atoms with Gasteiger partial charge in [0.1, 0.15) is 11.6 Å². The number of rotatable bonds is 4. The molecule has 2 aromatic rings. The zero-order chi connectivity index (χ0) is 14.7. The molecule has 0 saturated carbocycles. The lowest BCUT2D eigenvalue weighted by molar-refractivity contribution is 0.521. The zero-order valence-corrected chi connectivity index (χ0v) is 12.1. The van der Waals surface area contributed by atoms with Crippen LogP contribution in [-0.2, 0) is 6.42 Å². The van der Waals surface area contributed by atoms with Crippen molar-refractivity contribution in [2.24, 2.45) is 0 Å². The number of hydrogen-bond donors (Lipinski definition) is 1. The number of benzene rings is 2. The van der Waals surface area contributed by atoms with Crippen LogP contribution in [0.15, 0.2) is 36.4 Å². The molecule has 1 atom stereocenters. The summed E-state index contributed by atoms with van der Waals surface area (Å²) < 4.78 is 26.8. The van der Waals surface area contributed by atoms with Crippen LogP contribution in [0.2, 0.25) is 5.02 Å². The molecular formula is C16H16ClF2N. The van der Waals surface area contributed by atoms with Crippen molar-refractivity contribution in [3.8, 4) is 0 Å². The highest BCUT2D eigenvalue weighted by Crippen LogP contribution is 2.26. The third kappa shape index (κ3) is 3.35. The quantitative estimate of drug-likeness (QED) is 0.880. The molecule has 1 nitrogen and oxygen atoms in total. The van der Waals surface area contributed by atoms with Gasteiger partial charge in [0.2, 0.25) is 0 Å². The molecule has 1 N–H and O–H groups in total. The molecule has 0 aliphatic heterocycles. The van der Waals surface area contributed by atoms with Crippen molar-refractivity contribution >= 4 is 11.6 Å².